The van der Waals surface area contributed by atoms with Crippen molar-refractivity contribution in [1.29, 1.82) is 0 Å². The van der Waals surface area contributed by atoms with Gasteiger partial charge in [-0.25, -0.2) is 9.07 Å². The van der Waals surface area contributed by atoms with Crippen molar-refractivity contribution in [3.63, 3.8) is 0 Å². The summed E-state index contributed by atoms with van der Waals surface area (Å²) >= 11 is 9.48. The highest BCUT2D eigenvalue weighted by atomic mass is 79.9. The van der Waals surface area contributed by atoms with Crippen molar-refractivity contribution in [2.24, 2.45) is 0 Å². The molecule has 2 aromatic rings. The summed E-state index contributed by atoms with van der Waals surface area (Å²) in [6.45, 7) is 2.55. The SMILES string of the molecule is CCC(Br)c1cn(Cc2ccc(F)cc2Cl)nn1. The molecule has 0 spiro atoms. The number of hydrogen-bond acceptors (Lipinski definition) is 2. The summed E-state index contributed by atoms with van der Waals surface area (Å²) in [5.41, 5.74) is 1.70. The molecular weight excluding hydrogens is 321 g/mol. The molecule has 6 heteroatoms. The van der Waals surface area contributed by atoms with Crippen molar-refractivity contribution in [1.82, 2.24) is 15.0 Å². The Balaban J connectivity index is 2.16. The summed E-state index contributed by atoms with van der Waals surface area (Å²) < 4.78 is 14.6. The van der Waals surface area contributed by atoms with Gasteiger partial charge in [0, 0.05) is 11.2 Å². The smallest absolute Gasteiger partial charge is 0.124 e. The van der Waals surface area contributed by atoms with Crippen molar-refractivity contribution in [2.45, 2.75) is 24.7 Å². The summed E-state index contributed by atoms with van der Waals surface area (Å²) in [7, 11) is 0. The molecule has 0 saturated heterocycles. The van der Waals surface area contributed by atoms with Gasteiger partial charge in [0.05, 0.1) is 17.1 Å². The first kappa shape index (κ1) is 13.5. The molecule has 0 radical (unpaired) electrons. The Bertz CT molecular complexity index is 544. The standard InChI is InChI=1S/C12H12BrClFN3/c1-2-10(13)12-7-18(17-16-12)6-8-3-4-9(15)5-11(8)14/h3-5,7,10H,2,6H2,1H3. The van der Waals surface area contributed by atoms with Crippen LogP contribution in [0.4, 0.5) is 4.39 Å². The summed E-state index contributed by atoms with van der Waals surface area (Å²) in [5.74, 6) is -0.338. The maximum atomic E-state index is 12.9. The number of hydrogen-bond donors (Lipinski definition) is 0. The van der Waals surface area contributed by atoms with Crippen LogP contribution in [0.15, 0.2) is 24.4 Å². The maximum absolute atomic E-state index is 12.9. The van der Waals surface area contributed by atoms with Crippen LogP contribution < -0.4 is 0 Å². The van der Waals surface area contributed by atoms with Crippen LogP contribution in [-0.2, 0) is 6.54 Å². The Morgan fingerprint density at radius 1 is 1.50 bits per heavy atom. The van der Waals surface area contributed by atoms with Gasteiger partial charge in [0.2, 0.25) is 0 Å². The molecule has 0 aliphatic heterocycles. The van der Waals surface area contributed by atoms with Gasteiger partial charge in [-0.15, -0.1) is 5.10 Å². The molecular formula is C12H12BrClFN3. The average molecular weight is 333 g/mol. The van der Waals surface area contributed by atoms with E-state index >= 15 is 0 Å². The van der Waals surface area contributed by atoms with Crippen LogP contribution in [0.1, 0.15) is 29.4 Å². The van der Waals surface area contributed by atoms with Crippen molar-refractivity contribution in [3.8, 4) is 0 Å². The van der Waals surface area contributed by atoms with Gasteiger partial charge in [0.15, 0.2) is 0 Å². The van der Waals surface area contributed by atoms with Gasteiger partial charge in [-0.3, -0.25) is 0 Å². The molecule has 0 aliphatic carbocycles. The second-order valence-electron chi connectivity index (χ2n) is 3.95. The number of halogens is 3. The van der Waals surface area contributed by atoms with Crippen molar-refractivity contribution in [3.05, 3.63) is 46.5 Å². The normalized spacial score (nSPS) is 12.7. The van der Waals surface area contributed by atoms with E-state index in [0.29, 0.717) is 11.6 Å². The Morgan fingerprint density at radius 3 is 2.94 bits per heavy atom. The van der Waals surface area contributed by atoms with Crippen LogP contribution in [0, 0.1) is 5.82 Å². The second kappa shape index (κ2) is 5.80. The number of rotatable bonds is 4. The van der Waals surface area contributed by atoms with Gasteiger partial charge in [-0.05, 0) is 24.1 Å². The topological polar surface area (TPSA) is 30.7 Å². The van der Waals surface area contributed by atoms with Crippen LogP contribution in [0.3, 0.4) is 0 Å². The van der Waals surface area contributed by atoms with Crippen LogP contribution in [0.25, 0.3) is 0 Å². The van der Waals surface area contributed by atoms with Gasteiger partial charge in [0.1, 0.15) is 5.82 Å². The zero-order chi connectivity index (χ0) is 13.1. The number of nitrogens with zero attached hydrogens (tertiary/aromatic N) is 3. The van der Waals surface area contributed by atoms with Crippen LogP contribution in [-0.4, -0.2) is 15.0 Å². The Kier molecular flexibility index (Phi) is 4.35. The molecule has 0 saturated carbocycles. The average Bonchev–Trinajstić information content (AvgIpc) is 2.80. The summed E-state index contributed by atoms with van der Waals surface area (Å²) in [5, 5.41) is 8.51. The third-order valence-corrected chi connectivity index (χ3v) is 4.05. The van der Waals surface area contributed by atoms with Crippen LogP contribution >= 0.6 is 27.5 Å². The van der Waals surface area contributed by atoms with Gasteiger partial charge in [-0.1, -0.05) is 45.7 Å². The lowest BCUT2D eigenvalue weighted by atomic mass is 10.2. The fraction of sp³-hybridized carbons (Fsp3) is 0.333. The molecule has 1 unspecified atom stereocenters. The highest BCUT2D eigenvalue weighted by Crippen LogP contribution is 2.24. The molecule has 2 rings (SSSR count). The Hall–Kier alpha value is -0.940. The fourth-order valence-corrected chi connectivity index (χ4v) is 2.00. The molecule has 3 nitrogen and oxygen atoms in total. The van der Waals surface area contributed by atoms with Crippen molar-refractivity contribution < 1.29 is 4.39 Å². The molecule has 0 aliphatic rings. The van der Waals surface area contributed by atoms with Gasteiger partial charge in [-0.2, -0.15) is 0 Å². The quantitative estimate of drug-likeness (QED) is 0.793. The predicted molar refractivity (Wildman–Crippen MR) is 72.5 cm³/mol. The van der Waals surface area contributed by atoms with E-state index in [1.54, 1.807) is 10.7 Å². The first-order chi connectivity index (χ1) is 8.60. The summed E-state index contributed by atoms with van der Waals surface area (Å²) in [6, 6.07) is 4.34. The largest absolute Gasteiger partial charge is 0.248 e. The lowest BCUT2D eigenvalue weighted by Gasteiger charge is -2.04. The van der Waals surface area contributed by atoms with Gasteiger partial charge in [0.25, 0.3) is 0 Å². The lowest BCUT2D eigenvalue weighted by molar-refractivity contribution is 0.621. The minimum atomic E-state index is -0.338. The molecule has 0 amide bonds. The number of aromatic nitrogens is 3. The molecule has 0 N–H and O–H groups in total. The molecule has 0 bridgehead atoms. The first-order valence-corrected chi connectivity index (χ1v) is 6.87. The van der Waals surface area contributed by atoms with E-state index in [2.05, 4.69) is 33.2 Å². The monoisotopic (exact) mass is 331 g/mol. The Labute approximate surface area is 118 Å². The zero-order valence-corrected chi connectivity index (χ0v) is 12.1. The van der Waals surface area contributed by atoms with Crippen LogP contribution in [0.2, 0.25) is 5.02 Å². The van der Waals surface area contributed by atoms with Crippen LogP contribution in [0.5, 0.6) is 0 Å². The molecule has 1 aromatic carbocycles. The minimum absolute atomic E-state index is 0.204. The highest BCUT2D eigenvalue weighted by Gasteiger charge is 2.10. The molecule has 1 atom stereocenters. The zero-order valence-electron chi connectivity index (χ0n) is 9.78. The molecule has 1 heterocycles. The van der Waals surface area contributed by atoms with E-state index in [1.807, 2.05) is 6.20 Å². The molecule has 1 aromatic heterocycles. The number of alkyl halides is 1. The van der Waals surface area contributed by atoms with E-state index in [-0.39, 0.29) is 10.6 Å². The first-order valence-electron chi connectivity index (χ1n) is 5.58. The van der Waals surface area contributed by atoms with Gasteiger partial charge >= 0.3 is 0 Å². The molecule has 0 fully saturated rings. The predicted octanol–water partition coefficient (Wildman–Crippen LogP) is 3.96. The summed E-state index contributed by atoms with van der Waals surface area (Å²) in [4.78, 5) is 0.204. The van der Waals surface area contributed by atoms with E-state index < -0.39 is 0 Å². The minimum Gasteiger partial charge on any atom is -0.248 e. The third-order valence-electron chi connectivity index (χ3n) is 2.58. The summed E-state index contributed by atoms with van der Waals surface area (Å²) in [6.07, 6.45) is 2.80. The van der Waals surface area contributed by atoms with E-state index in [1.165, 1.54) is 12.1 Å². The number of benzene rings is 1. The molecule has 96 valence electrons. The van der Waals surface area contributed by atoms with Crippen molar-refractivity contribution in [2.75, 3.05) is 0 Å². The van der Waals surface area contributed by atoms with E-state index in [4.69, 9.17) is 11.6 Å². The molecule has 18 heavy (non-hydrogen) atoms. The van der Waals surface area contributed by atoms with E-state index in [9.17, 15) is 4.39 Å². The Morgan fingerprint density at radius 2 is 2.28 bits per heavy atom. The second-order valence-corrected chi connectivity index (χ2v) is 5.47. The maximum Gasteiger partial charge on any atom is 0.124 e. The van der Waals surface area contributed by atoms with Gasteiger partial charge < -0.3 is 0 Å². The van der Waals surface area contributed by atoms with Crippen molar-refractivity contribution >= 4 is 27.5 Å². The third kappa shape index (κ3) is 3.09. The lowest BCUT2D eigenvalue weighted by Crippen LogP contribution is -2.01. The highest BCUT2D eigenvalue weighted by molar-refractivity contribution is 9.09. The van der Waals surface area contributed by atoms with E-state index in [0.717, 1.165) is 17.7 Å². The fourth-order valence-electron chi connectivity index (χ4n) is 1.57.